The summed E-state index contributed by atoms with van der Waals surface area (Å²) in [6.45, 7) is 0.805. The van der Waals surface area contributed by atoms with E-state index in [0.29, 0.717) is 0 Å². The Balaban J connectivity index is 0.00000243. The quantitative estimate of drug-likeness (QED) is 0.344. The van der Waals surface area contributed by atoms with Gasteiger partial charge in [-0.25, -0.2) is 0 Å². The van der Waals surface area contributed by atoms with Crippen LogP contribution in [0.15, 0.2) is 0 Å². The van der Waals surface area contributed by atoms with Crippen LogP contribution in [0.5, 0.6) is 0 Å². The highest BCUT2D eigenvalue weighted by molar-refractivity contribution is 8.60. The van der Waals surface area contributed by atoms with Crippen molar-refractivity contribution in [2.45, 2.75) is 121 Å². The summed E-state index contributed by atoms with van der Waals surface area (Å²) in [4.78, 5) is 0. The summed E-state index contributed by atoms with van der Waals surface area (Å²) >= 11 is 2.18. The van der Waals surface area contributed by atoms with Gasteiger partial charge in [0.2, 0.25) is 0 Å². The molecular weight excluding hydrogens is 472 g/mol. The van der Waals surface area contributed by atoms with Crippen molar-refractivity contribution < 1.29 is 24.0 Å². The van der Waals surface area contributed by atoms with Crippen LogP contribution in [0.4, 0.5) is 0 Å². The lowest BCUT2D eigenvalue weighted by molar-refractivity contribution is -0.00000589. The lowest BCUT2D eigenvalue weighted by atomic mass is 9.96. The first-order valence-corrected chi connectivity index (χ1v) is 14.5. The Hall–Kier alpha value is 1.39. The molecule has 0 radical (unpaired) electrons. The molecule has 6 heteroatoms. The third kappa shape index (κ3) is 7.67. The zero-order valence-corrected chi connectivity index (χ0v) is 20.6. The Bertz CT molecular complexity index is 320. The maximum Gasteiger partial charge on any atom is 0.284 e. The minimum Gasteiger partial charge on any atom is -1.00 e. The van der Waals surface area contributed by atoms with Gasteiger partial charge in [-0.3, -0.25) is 0 Å². The van der Waals surface area contributed by atoms with Crippen LogP contribution in [0.1, 0.15) is 103 Å². The summed E-state index contributed by atoms with van der Waals surface area (Å²) in [5.74, 6) is 1.20. The van der Waals surface area contributed by atoms with Gasteiger partial charge in [-0.15, -0.1) is 15.3 Å². The molecule has 0 heterocycles. The molecule has 3 N–H and O–H groups in total. The Morgan fingerprint density at radius 3 is 1.19 bits per heavy atom. The molecule has 3 saturated carbocycles. The first kappa shape index (κ1) is 23.7. The summed E-state index contributed by atoms with van der Waals surface area (Å²) in [6, 6.07) is 2.19. The highest BCUT2D eigenvalue weighted by Gasteiger charge is 2.46. The van der Waals surface area contributed by atoms with E-state index >= 15 is 0 Å². The SMILES string of the molecule is CCS[P+](NC1CCCCC1)(NC1CCCCC1)NC1CCCCC1.[I-]. The number of nitrogens with one attached hydrogen (secondary N) is 3. The summed E-state index contributed by atoms with van der Waals surface area (Å²) in [5.41, 5.74) is 0. The van der Waals surface area contributed by atoms with Gasteiger partial charge in [0.15, 0.2) is 0 Å². The van der Waals surface area contributed by atoms with Gasteiger partial charge in [-0.05, 0) is 38.5 Å². The van der Waals surface area contributed by atoms with E-state index in [1.54, 1.807) is 0 Å². The van der Waals surface area contributed by atoms with E-state index in [0.717, 1.165) is 18.1 Å². The molecule has 0 aromatic carbocycles. The first-order valence-electron chi connectivity index (χ1n) is 11.2. The number of rotatable bonds is 8. The van der Waals surface area contributed by atoms with Crippen molar-refractivity contribution in [3.8, 4) is 0 Å². The van der Waals surface area contributed by atoms with Crippen LogP contribution in [-0.2, 0) is 0 Å². The van der Waals surface area contributed by atoms with Crippen molar-refractivity contribution in [1.29, 1.82) is 0 Å². The van der Waals surface area contributed by atoms with Crippen LogP contribution < -0.4 is 39.2 Å². The zero-order valence-electron chi connectivity index (χ0n) is 16.8. The molecule has 3 nitrogen and oxygen atoms in total. The third-order valence-corrected chi connectivity index (χ3v) is 11.9. The highest BCUT2D eigenvalue weighted by Crippen LogP contribution is 2.61. The smallest absolute Gasteiger partial charge is 0.284 e. The van der Waals surface area contributed by atoms with Crippen molar-refractivity contribution in [2.75, 3.05) is 5.75 Å². The van der Waals surface area contributed by atoms with Gasteiger partial charge in [-0.2, -0.15) is 0 Å². The molecule has 3 aliphatic rings. The molecule has 0 aromatic heterocycles. The average Bonchev–Trinajstić information content (AvgIpc) is 2.64. The monoisotopic (exact) mass is 513 g/mol. The van der Waals surface area contributed by atoms with Gasteiger partial charge in [0.05, 0.1) is 11.4 Å². The number of hydrogen-bond donors (Lipinski definition) is 3. The lowest BCUT2D eigenvalue weighted by Crippen LogP contribution is -3.00. The van der Waals surface area contributed by atoms with Crippen LogP contribution >= 0.6 is 18.3 Å². The summed E-state index contributed by atoms with van der Waals surface area (Å²) in [7, 11) is 0. The van der Waals surface area contributed by atoms with Gasteiger partial charge in [-0.1, -0.05) is 64.7 Å². The Morgan fingerprint density at radius 1 is 0.615 bits per heavy atom. The Labute approximate surface area is 184 Å². The molecule has 0 aromatic rings. The molecule has 0 saturated heterocycles. The fourth-order valence-electron chi connectivity index (χ4n) is 4.88. The summed E-state index contributed by atoms with van der Waals surface area (Å²) < 4.78 is 0. The van der Waals surface area contributed by atoms with Crippen LogP contribution in [0.3, 0.4) is 0 Å². The van der Waals surface area contributed by atoms with Gasteiger partial charge < -0.3 is 24.0 Å². The predicted molar refractivity (Wildman–Crippen MR) is 115 cm³/mol. The molecule has 3 fully saturated rings. The van der Waals surface area contributed by atoms with Crippen molar-refractivity contribution in [2.24, 2.45) is 0 Å². The molecule has 0 spiro atoms. The molecule has 26 heavy (non-hydrogen) atoms. The first-order chi connectivity index (χ1) is 12.3. The van der Waals surface area contributed by atoms with E-state index in [2.05, 4.69) is 33.6 Å². The summed E-state index contributed by atoms with van der Waals surface area (Å²) in [6.07, 6.45) is 21.1. The van der Waals surface area contributed by atoms with Crippen LogP contribution in [0, 0.1) is 0 Å². The molecule has 3 aliphatic carbocycles. The zero-order chi connectivity index (χ0) is 17.4. The molecule has 0 atom stereocenters. The second-order valence-corrected chi connectivity index (χ2v) is 13.7. The van der Waals surface area contributed by atoms with E-state index in [-0.39, 0.29) is 24.0 Å². The standard InChI is InChI=1S/C20H41N3PS.HI/c1-2-25-24(21-18-12-6-3-7-13-18,22-19-14-8-4-9-15-19)23-20-16-10-5-11-17-20;/h18-23H,2-17H2,1H3;1H/q+1;/p-1. The molecule has 0 unspecified atom stereocenters. The van der Waals surface area contributed by atoms with Gasteiger partial charge in [0, 0.05) is 23.9 Å². The van der Waals surface area contributed by atoms with Crippen molar-refractivity contribution >= 4 is 18.3 Å². The van der Waals surface area contributed by atoms with E-state index in [4.69, 9.17) is 0 Å². The number of hydrogen-bond acceptors (Lipinski definition) is 4. The van der Waals surface area contributed by atoms with E-state index in [9.17, 15) is 0 Å². The second-order valence-electron chi connectivity index (χ2n) is 8.42. The fourth-order valence-corrected chi connectivity index (χ4v) is 11.2. The van der Waals surface area contributed by atoms with Crippen molar-refractivity contribution in [1.82, 2.24) is 15.3 Å². The molecule has 0 bridgehead atoms. The van der Waals surface area contributed by atoms with Crippen molar-refractivity contribution in [3.05, 3.63) is 0 Å². The fraction of sp³-hybridized carbons (Fsp3) is 1.00. The minimum absolute atomic E-state index is 0. The maximum absolute atomic E-state index is 4.22. The van der Waals surface area contributed by atoms with Gasteiger partial charge in [0.25, 0.3) is 6.92 Å². The van der Waals surface area contributed by atoms with E-state index in [1.807, 2.05) is 0 Å². The molecule has 154 valence electrons. The molecule has 0 amide bonds. The Kier molecular flexibility index (Phi) is 11.7. The lowest BCUT2D eigenvalue weighted by Gasteiger charge is -2.37. The topological polar surface area (TPSA) is 36.1 Å². The maximum atomic E-state index is 4.22. The average molecular weight is 514 g/mol. The van der Waals surface area contributed by atoms with Crippen LogP contribution in [0.25, 0.3) is 0 Å². The number of halogens is 1. The normalized spacial score (nSPS) is 24.3. The van der Waals surface area contributed by atoms with Gasteiger partial charge >= 0.3 is 0 Å². The van der Waals surface area contributed by atoms with E-state index in [1.165, 1.54) is 102 Å². The second kappa shape index (κ2) is 12.8. The van der Waals surface area contributed by atoms with Crippen molar-refractivity contribution in [3.63, 3.8) is 0 Å². The predicted octanol–water partition coefficient (Wildman–Crippen LogP) is 3.19. The minimum atomic E-state index is -1.53. The van der Waals surface area contributed by atoms with Crippen LogP contribution in [0.2, 0.25) is 0 Å². The highest BCUT2D eigenvalue weighted by atomic mass is 127. The third-order valence-electron chi connectivity index (χ3n) is 6.23. The Morgan fingerprint density at radius 2 is 0.923 bits per heavy atom. The molecule has 0 aliphatic heterocycles. The summed E-state index contributed by atoms with van der Waals surface area (Å²) in [5, 5.41) is 12.7. The van der Waals surface area contributed by atoms with Crippen LogP contribution in [-0.4, -0.2) is 23.9 Å². The van der Waals surface area contributed by atoms with E-state index < -0.39 is 6.92 Å². The molecule has 3 rings (SSSR count). The largest absolute Gasteiger partial charge is 1.00 e. The van der Waals surface area contributed by atoms with Gasteiger partial charge in [0.1, 0.15) is 0 Å². The molecular formula is C20H41IN3PS.